The lowest BCUT2D eigenvalue weighted by molar-refractivity contribution is 1.80. The zero-order valence-corrected chi connectivity index (χ0v) is 15.6. The average molecular weight is 317 g/mol. The summed E-state index contributed by atoms with van der Waals surface area (Å²) in [6.45, 7) is 9.48. The Bertz CT molecular complexity index is 835. The third-order valence-corrected chi connectivity index (χ3v) is 7.58. The molecule has 108 valence electrons. The Morgan fingerprint density at radius 2 is 0.773 bits per heavy atom. The van der Waals surface area contributed by atoms with Crippen LogP contribution in [-0.2, 0) is 0 Å². The molecule has 2 heteroatoms. The summed E-state index contributed by atoms with van der Waals surface area (Å²) in [6.07, 6.45) is 0. The minimum absolute atomic E-state index is 0.414. The smallest absolute Gasteiger partial charge is 0.0671 e. The van der Waals surface area contributed by atoms with Gasteiger partial charge in [0.1, 0.15) is 0 Å². The van der Waals surface area contributed by atoms with Gasteiger partial charge >= 0.3 is 0 Å². The molecule has 0 bridgehead atoms. The van der Waals surface area contributed by atoms with E-state index in [9.17, 15) is 0 Å². The van der Waals surface area contributed by atoms with Crippen LogP contribution < -0.4 is 10.4 Å². The van der Waals surface area contributed by atoms with Gasteiger partial charge in [-0.2, -0.15) is 0 Å². The van der Waals surface area contributed by atoms with Crippen molar-refractivity contribution in [1.82, 2.24) is 0 Å². The van der Waals surface area contributed by atoms with Crippen molar-refractivity contribution < 1.29 is 0 Å². The van der Waals surface area contributed by atoms with Gasteiger partial charge in [-0.3, -0.25) is 0 Å². The average Bonchev–Trinajstić information content (AvgIpc) is 2.51. The summed E-state index contributed by atoms with van der Waals surface area (Å²) < 4.78 is 0. The molecule has 0 heterocycles. The van der Waals surface area contributed by atoms with Crippen molar-refractivity contribution in [3.05, 3.63) is 48.5 Å². The summed E-state index contributed by atoms with van der Waals surface area (Å²) in [7, 11) is -0.828. The summed E-state index contributed by atoms with van der Waals surface area (Å²) in [6, 6.07) is 18.9. The summed E-state index contributed by atoms with van der Waals surface area (Å²) in [5.74, 6) is 0. The molecule has 0 nitrogen and oxygen atoms in total. The van der Waals surface area contributed by atoms with E-state index in [1.807, 2.05) is 0 Å². The van der Waals surface area contributed by atoms with Crippen molar-refractivity contribution in [2.75, 3.05) is 0 Å². The first-order chi connectivity index (χ1) is 10.5. The molecule has 0 N–H and O–H groups in total. The summed E-state index contributed by atoms with van der Waals surface area (Å²) >= 11 is 0. The van der Waals surface area contributed by atoms with Crippen LogP contribution in [0.25, 0.3) is 32.3 Å². The van der Waals surface area contributed by atoms with Gasteiger partial charge < -0.3 is 0 Å². The Kier molecular flexibility index (Phi) is 3.13. The van der Waals surface area contributed by atoms with Crippen molar-refractivity contribution in [2.24, 2.45) is 0 Å². The quantitative estimate of drug-likeness (QED) is 0.377. The van der Waals surface area contributed by atoms with Crippen molar-refractivity contribution in [3.8, 4) is 0 Å². The van der Waals surface area contributed by atoms with Crippen LogP contribution in [0.15, 0.2) is 48.5 Å². The molecule has 4 aromatic carbocycles. The third-order valence-electron chi connectivity index (χ3n) is 4.69. The zero-order chi connectivity index (χ0) is 15.4. The molecule has 0 amide bonds. The Morgan fingerprint density at radius 3 is 1.00 bits per heavy atom. The van der Waals surface area contributed by atoms with Crippen LogP contribution >= 0.6 is 0 Å². The molecule has 0 fully saturated rings. The number of rotatable bonds is 2. The molecule has 0 spiro atoms. The van der Waals surface area contributed by atoms with Crippen LogP contribution in [-0.4, -0.2) is 17.6 Å². The minimum Gasteiger partial charge on any atom is -0.0671 e. The fourth-order valence-corrected chi connectivity index (χ4v) is 5.19. The SMILES string of the molecule is C[Si](C)c1cc2ccc3cc([Si](C)C)cc4ccc(c1)c2c34. The monoisotopic (exact) mass is 316 g/mol. The maximum atomic E-state index is 2.41. The Balaban J connectivity index is 2.17. The molecule has 0 aliphatic heterocycles. The summed E-state index contributed by atoms with van der Waals surface area (Å²) in [4.78, 5) is 0. The maximum Gasteiger partial charge on any atom is 0.0792 e. The molecule has 0 atom stereocenters. The Labute approximate surface area is 135 Å². The van der Waals surface area contributed by atoms with Gasteiger partial charge in [0.25, 0.3) is 0 Å². The lowest BCUT2D eigenvalue weighted by Crippen LogP contribution is -2.23. The van der Waals surface area contributed by atoms with E-state index in [0.717, 1.165) is 0 Å². The van der Waals surface area contributed by atoms with Crippen LogP contribution in [0.2, 0.25) is 26.2 Å². The highest BCUT2D eigenvalue weighted by Gasteiger charge is 2.12. The molecular formula is C20H20Si2. The Morgan fingerprint density at radius 1 is 0.500 bits per heavy atom. The molecule has 2 radical (unpaired) electrons. The highest BCUT2D eigenvalue weighted by atomic mass is 28.3. The van der Waals surface area contributed by atoms with Gasteiger partial charge in [0.15, 0.2) is 0 Å². The second kappa shape index (κ2) is 4.93. The lowest BCUT2D eigenvalue weighted by Gasteiger charge is -2.15. The molecule has 0 aliphatic rings. The van der Waals surface area contributed by atoms with Crippen molar-refractivity contribution in [2.45, 2.75) is 26.2 Å². The highest BCUT2D eigenvalue weighted by molar-refractivity contribution is 6.71. The molecule has 0 unspecified atom stereocenters. The first-order valence-electron chi connectivity index (χ1n) is 7.88. The maximum absolute atomic E-state index is 2.41. The molecule has 0 aliphatic carbocycles. The molecular weight excluding hydrogens is 296 g/mol. The van der Waals surface area contributed by atoms with Gasteiger partial charge in [0.2, 0.25) is 0 Å². The molecule has 0 saturated heterocycles. The molecule has 4 rings (SSSR count). The fourth-order valence-electron chi connectivity index (χ4n) is 3.42. The van der Waals surface area contributed by atoms with Gasteiger partial charge in [-0.25, -0.2) is 0 Å². The summed E-state index contributed by atoms with van der Waals surface area (Å²) in [5.41, 5.74) is 0. The molecule has 0 saturated carbocycles. The van der Waals surface area contributed by atoms with Crippen LogP contribution in [0, 0.1) is 0 Å². The molecule has 22 heavy (non-hydrogen) atoms. The standard InChI is InChI=1S/C20H20Si2/c1-21(2)17-9-13-5-7-15-11-18(22(3)4)12-16-8-6-14(10-17)19(13)20(15)16/h5-12H,1-4H3. The molecule has 4 aromatic rings. The number of hydrogen-bond acceptors (Lipinski definition) is 0. The van der Waals surface area contributed by atoms with Gasteiger partial charge in [0, 0.05) is 0 Å². The predicted octanol–water partition coefficient (Wildman–Crippen LogP) is 4.51. The van der Waals surface area contributed by atoms with Crippen molar-refractivity contribution >= 4 is 60.3 Å². The Hall–Kier alpha value is -1.65. The third kappa shape index (κ3) is 2.02. The van der Waals surface area contributed by atoms with E-state index in [0.29, 0.717) is 0 Å². The van der Waals surface area contributed by atoms with Crippen LogP contribution in [0.4, 0.5) is 0 Å². The minimum atomic E-state index is -0.414. The van der Waals surface area contributed by atoms with Gasteiger partial charge in [-0.15, -0.1) is 0 Å². The van der Waals surface area contributed by atoms with Crippen LogP contribution in [0.3, 0.4) is 0 Å². The second-order valence-corrected chi connectivity index (χ2v) is 11.9. The lowest BCUT2D eigenvalue weighted by atomic mass is 9.94. The van der Waals surface area contributed by atoms with E-state index in [1.165, 1.54) is 42.7 Å². The van der Waals surface area contributed by atoms with Gasteiger partial charge in [-0.1, -0.05) is 85.1 Å². The number of benzene rings is 4. The normalized spacial score (nSPS) is 12.5. The van der Waals surface area contributed by atoms with E-state index in [2.05, 4.69) is 74.7 Å². The second-order valence-electron chi connectivity index (χ2n) is 6.73. The van der Waals surface area contributed by atoms with Gasteiger partial charge in [-0.05, 0) is 32.3 Å². The summed E-state index contributed by atoms with van der Waals surface area (Å²) in [5, 5.41) is 11.6. The van der Waals surface area contributed by atoms with Crippen LogP contribution in [0.5, 0.6) is 0 Å². The first kappa shape index (κ1) is 14.0. The van der Waals surface area contributed by atoms with E-state index in [-0.39, 0.29) is 0 Å². The van der Waals surface area contributed by atoms with E-state index in [4.69, 9.17) is 0 Å². The van der Waals surface area contributed by atoms with E-state index in [1.54, 1.807) is 0 Å². The topological polar surface area (TPSA) is 0 Å². The predicted molar refractivity (Wildman–Crippen MR) is 104 cm³/mol. The fraction of sp³-hybridized carbons (Fsp3) is 0.200. The molecule has 0 aromatic heterocycles. The zero-order valence-electron chi connectivity index (χ0n) is 13.6. The first-order valence-corrected chi connectivity index (χ1v) is 12.9. The largest absolute Gasteiger partial charge is 0.0792 e. The van der Waals surface area contributed by atoms with Crippen LogP contribution in [0.1, 0.15) is 0 Å². The van der Waals surface area contributed by atoms with E-state index >= 15 is 0 Å². The van der Waals surface area contributed by atoms with Crippen molar-refractivity contribution in [3.63, 3.8) is 0 Å². The number of hydrogen-bond donors (Lipinski definition) is 0. The van der Waals surface area contributed by atoms with Gasteiger partial charge in [0.05, 0.1) is 17.6 Å². The van der Waals surface area contributed by atoms with Crippen molar-refractivity contribution in [1.29, 1.82) is 0 Å². The van der Waals surface area contributed by atoms with E-state index < -0.39 is 17.6 Å². The highest BCUT2D eigenvalue weighted by Crippen LogP contribution is 2.33.